The Morgan fingerprint density at radius 1 is 1.43 bits per heavy atom. The van der Waals surface area contributed by atoms with Gasteiger partial charge in [-0.15, -0.1) is 11.3 Å². The van der Waals surface area contributed by atoms with Crippen molar-refractivity contribution in [3.63, 3.8) is 0 Å². The quantitative estimate of drug-likeness (QED) is 0.709. The molecule has 1 unspecified atom stereocenters. The van der Waals surface area contributed by atoms with Crippen LogP contribution >= 0.6 is 11.3 Å². The Balaban J connectivity index is 2.05. The Morgan fingerprint density at radius 2 is 2.29 bits per heavy atom. The van der Waals surface area contributed by atoms with Crippen molar-refractivity contribution in [3.8, 4) is 0 Å². The Labute approximate surface area is 131 Å². The van der Waals surface area contributed by atoms with E-state index in [9.17, 15) is 0 Å². The average Bonchev–Trinajstić information content (AvgIpc) is 3.11. The van der Waals surface area contributed by atoms with Crippen LogP contribution < -0.4 is 5.32 Å². The van der Waals surface area contributed by atoms with Gasteiger partial charge in [-0.1, -0.05) is 13.0 Å². The first kappa shape index (κ1) is 16.0. The average molecular weight is 307 g/mol. The molecule has 21 heavy (non-hydrogen) atoms. The molecule has 1 N–H and O–H groups in total. The summed E-state index contributed by atoms with van der Waals surface area (Å²) in [5.41, 5.74) is 1.05. The molecule has 0 fully saturated rings. The highest BCUT2D eigenvalue weighted by atomic mass is 32.1. The van der Waals surface area contributed by atoms with Gasteiger partial charge in [0.2, 0.25) is 5.95 Å². The minimum atomic E-state index is 0.362. The number of aromatic nitrogens is 2. The minimum Gasteiger partial charge on any atom is -0.382 e. The number of hydrogen-bond acceptors (Lipinski definition) is 4. The van der Waals surface area contributed by atoms with Gasteiger partial charge in [0, 0.05) is 30.8 Å². The first-order valence-corrected chi connectivity index (χ1v) is 8.54. The molecule has 116 valence electrons. The second kappa shape index (κ2) is 8.20. The van der Waals surface area contributed by atoms with E-state index in [1.54, 1.807) is 11.3 Å². The molecule has 0 saturated heterocycles. The molecule has 1 atom stereocenters. The predicted molar refractivity (Wildman–Crippen MR) is 89.3 cm³/mol. The minimum absolute atomic E-state index is 0.362. The van der Waals surface area contributed by atoms with E-state index >= 15 is 0 Å². The number of imidazole rings is 1. The van der Waals surface area contributed by atoms with Crippen LogP contribution in [0.15, 0.2) is 23.7 Å². The maximum Gasteiger partial charge on any atom is 0.203 e. The van der Waals surface area contributed by atoms with Gasteiger partial charge in [0.1, 0.15) is 0 Å². The first-order chi connectivity index (χ1) is 10.3. The Kier molecular flexibility index (Phi) is 6.26. The van der Waals surface area contributed by atoms with E-state index in [1.165, 1.54) is 4.88 Å². The number of hydrogen-bond donors (Lipinski definition) is 1. The summed E-state index contributed by atoms with van der Waals surface area (Å²) < 4.78 is 7.63. The lowest BCUT2D eigenvalue weighted by Gasteiger charge is -2.18. The summed E-state index contributed by atoms with van der Waals surface area (Å²) in [4.78, 5) is 6.00. The second-order valence-corrected chi connectivity index (χ2v) is 6.01. The molecular weight excluding hydrogens is 282 g/mol. The lowest BCUT2D eigenvalue weighted by molar-refractivity contribution is 0.147. The van der Waals surface area contributed by atoms with Gasteiger partial charge >= 0.3 is 0 Å². The molecule has 2 rings (SSSR count). The lowest BCUT2D eigenvalue weighted by atomic mass is 10.2. The fraction of sp³-hybridized carbons (Fsp3) is 0.562. The number of anilines is 1. The molecule has 0 spiro atoms. The molecule has 0 aliphatic heterocycles. The number of nitrogens with zero attached hydrogens (tertiary/aromatic N) is 2. The van der Waals surface area contributed by atoms with Crippen molar-refractivity contribution in [1.82, 2.24) is 9.55 Å². The van der Waals surface area contributed by atoms with E-state index in [1.807, 2.05) is 13.8 Å². The van der Waals surface area contributed by atoms with Crippen molar-refractivity contribution in [2.24, 2.45) is 0 Å². The molecule has 0 radical (unpaired) electrons. The first-order valence-electron chi connectivity index (χ1n) is 7.66. The highest BCUT2D eigenvalue weighted by Gasteiger charge is 2.17. The molecule has 0 saturated carbocycles. The summed E-state index contributed by atoms with van der Waals surface area (Å²) in [5.74, 6) is 0.962. The van der Waals surface area contributed by atoms with Crippen LogP contribution in [-0.4, -0.2) is 29.3 Å². The highest BCUT2D eigenvalue weighted by molar-refractivity contribution is 7.10. The van der Waals surface area contributed by atoms with Crippen molar-refractivity contribution in [1.29, 1.82) is 0 Å². The number of rotatable bonds is 9. The van der Waals surface area contributed by atoms with Crippen molar-refractivity contribution in [3.05, 3.63) is 34.3 Å². The third kappa shape index (κ3) is 4.32. The Hall–Kier alpha value is -1.33. The van der Waals surface area contributed by atoms with Crippen LogP contribution in [0.5, 0.6) is 0 Å². The molecule has 0 aromatic carbocycles. The van der Waals surface area contributed by atoms with Crippen LogP contribution in [0.4, 0.5) is 5.95 Å². The van der Waals surface area contributed by atoms with E-state index in [0.717, 1.165) is 44.2 Å². The van der Waals surface area contributed by atoms with Gasteiger partial charge in [-0.25, -0.2) is 4.98 Å². The monoisotopic (exact) mass is 307 g/mol. The molecule has 4 nitrogen and oxygen atoms in total. The summed E-state index contributed by atoms with van der Waals surface area (Å²) in [7, 11) is 0. The van der Waals surface area contributed by atoms with Gasteiger partial charge in [0.05, 0.1) is 11.7 Å². The zero-order chi connectivity index (χ0) is 15.1. The lowest BCUT2D eigenvalue weighted by Crippen LogP contribution is -2.14. The molecule has 0 aliphatic rings. The van der Waals surface area contributed by atoms with Gasteiger partial charge in [-0.3, -0.25) is 0 Å². The van der Waals surface area contributed by atoms with Crippen LogP contribution in [0.2, 0.25) is 0 Å². The molecule has 0 bridgehead atoms. The summed E-state index contributed by atoms with van der Waals surface area (Å²) >= 11 is 1.81. The zero-order valence-electron chi connectivity index (χ0n) is 13.1. The summed E-state index contributed by atoms with van der Waals surface area (Å²) in [6.45, 7) is 8.75. The molecule has 0 aliphatic carbocycles. The fourth-order valence-corrected chi connectivity index (χ4v) is 3.33. The molecule has 2 aromatic heterocycles. The molecule has 0 amide bonds. The van der Waals surface area contributed by atoms with Gasteiger partial charge in [0.25, 0.3) is 0 Å². The molecule has 2 aromatic rings. The molecule has 2 heterocycles. The fourth-order valence-electron chi connectivity index (χ4n) is 2.42. The Bertz CT molecular complexity index is 522. The molecule has 5 heteroatoms. The van der Waals surface area contributed by atoms with Crippen molar-refractivity contribution >= 4 is 17.3 Å². The summed E-state index contributed by atoms with van der Waals surface area (Å²) in [6.07, 6.45) is 4.19. The van der Waals surface area contributed by atoms with Crippen LogP contribution in [0, 0.1) is 6.92 Å². The normalized spacial score (nSPS) is 12.5. The van der Waals surface area contributed by atoms with Crippen LogP contribution in [0.3, 0.4) is 0 Å². The van der Waals surface area contributed by atoms with Crippen LogP contribution in [-0.2, 0) is 4.74 Å². The molecular formula is C16H25N3OS. The summed E-state index contributed by atoms with van der Waals surface area (Å²) in [6, 6.07) is 4.68. The smallest absolute Gasteiger partial charge is 0.203 e. The van der Waals surface area contributed by atoms with Gasteiger partial charge < -0.3 is 14.6 Å². The maximum atomic E-state index is 5.37. The third-order valence-corrected chi connectivity index (χ3v) is 4.37. The zero-order valence-corrected chi connectivity index (χ0v) is 13.9. The van der Waals surface area contributed by atoms with Crippen molar-refractivity contribution in [2.45, 2.75) is 39.7 Å². The topological polar surface area (TPSA) is 39.1 Å². The van der Waals surface area contributed by atoms with Crippen molar-refractivity contribution in [2.75, 3.05) is 25.1 Å². The van der Waals surface area contributed by atoms with E-state index in [4.69, 9.17) is 4.74 Å². The summed E-state index contributed by atoms with van der Waals surface area (Å²) in [5, 5.41) is 5.58. The van der Waals surface area contributed by atoms with Crippen LogP contribution in [0.25, 0.3) is 0 Å². The maximum absolute atomic E-state index is 5.37. The van der Waals surface area contributed by atoms with Gasteiger partial charge in [-0.2, -0.15) is 0 Å². The highest BCUT2D eigenvalue weighted by Crippen LogP contribution is 2.29. The van der Waals surface area contributed by atoms with E-state index in [2.05, 4.69) is 45.5 Å². The number of ether oxygens (including phenoxy) is 1. The second-order valence-electron chi connectivity index (χ2n) is 5.03. The number of thiophene rings is 1. The SMILES string of the molecule is CCOCCCNc1nc(C)cn1C(CC)c1cccs1. The number of nitrogens with one attached hydrogen (secondary N) is 1. The van der Waals surface area contributed by atoms with Gasteiger partial charge in [-0.05, 0) is 38.1 Å². The predicted octanol–water partition coefficient (Wildman–Crippen LogP) is 4.09. The van der Waals surface area contributed by atoms with E-state index < -0.39 is 0 Å². The number of aryl methyl sites for hydroxylation is 1. The standard InChI is InChI=1S/C16H25N3OS/c1-4-14(15-8-6-11-21-15)19-12-13(3)18-16(19)17-9-7-10-20-5-2/h6,8,11-12,14H,4-5,7,9-10H2,1-3H3,(H,17,18). The van der Waals surface area contributed by atoms with Crippen LogP contribution in [0.1, 0.15) is 43.3 Å². The van der Waals surface area contributed by atoms with Crippen molar-refractivity contribution < 1.29 is 4.74 Å². The van der Waals surface area contributed by atoms with E-state index in [-0.39, 0.29) is 0 Å². The van der Waals surface area contributed by atoms with Gasteiger partial charge in [0.15, 0.2) is 0 Å². The third-order valence-electron chi connectivity index (χ3n) is 3.40. The van der Waals surface area contributed by atoms with E-state index in [0.29, 0.717) is 6.04 Å². The Morgan fingerprint density at radius 3 is 2.95 bits per heavy atom. The largest absolute Gasteiger partial charge is 0.382 e.